The van der Waals surface area contributed by atoms with Gasteiger partial charge in [-0.1, -0.05) is 0 Å². The molecular weight excluding hydrogens is 346 g/mol. The maximum Gasteiger partial charge on any atom is 0.244 e. The number of hydrogen-bond donors (Lipinski definition) is 1. The molecule has 0 amide bonds. The molecule has 1 saturated heterocycles. The Morgan fingerprint density at radius 2 is 2.12 bits per heavy atom. The number of nitrogens with one attached hydrogen (secondary N) is 1. The second kappa shape index (κ2) is 5.94. The van der Waals surface area contributed by atoms with Crippen molar-refractivity contribution in [2.75, 3.05) is 19.7 Å². The molecule has 0 aromatic carbocycles. The molecule has 0 radical (unpaired) electrons. The van der Waals surface area contributed by atoms with E-state index >= 15 is 0 Å². The van der Waals surface area contributed by atoms with Crippen molar-refractivity contribution < 1.29 is 13.2 Å². The lowest BCUT2D eigenvalue weighted by Crippen LogP contribution is -2.46. The number of morpholine rings is 1. The number of aromatic amines is 1. The van der Waals surface area contributed by atoms with Crippen LogP contribution in [0.15, 0.2) is 17.0 Å². The van der Waals surface area contributed by atoms with Gasteiger partial charge in [0, 0.05) is 23.7 Å². The zero-order valence-corrected chi connectivity index (χ0v) is 15.4. The molecule has 2 aromatic rings. The highest BCUT2D eigenvalue weighted by Gasteiger charge is 2.39. The van der Waals surface area contributed by atoms with Crippen LogP contribution in [0.3, 0.4) is 0 Å². The van der Waals surface area contributed by atoms with E-state index in [4.69, 9.17) is 4.74 Å². The lowest BCUT2D eigenvalue weighted by molar-refractivity contribution is -0.0134. The van der Waals surface area contributed by atoms with Gasteiger partial charge in [0.25, 0.3) is 0 Å². The first-order chi connectivity index (χ1) is 11.4. The summed E-state index contributed by atoms with van der Waals surface area (Å²) >= 11 is 1.47. The molecule has 8 heteroatoms. The minimum Gasteiger partial charge on any atom is -0.375 e. The number of ether oxygens (including phenoxy) is 1. The third-order valence-corrected chi connectivity index (χ3v) is 7.85. The van der Waals surface area contributed by atoms with E-state index in [1.54, 1.807) is 10.4 Å². The van der Waals surface area contributed by atoms with E-state index in [1.165, 1.54) is 11.3 Å². The average Bonchev–Trinajstić information content (AvgIpc) is 3.21. The molecule has 2 aliphatic rings. The molecule has 1 unspecified atom stereocenters. The van der Waals surface area contributed by atoms with Crippen molar-refractivity contribution in [2.24, 2.45) is 5.92 Å². The fourth-order valence-corrected chi connectivity index (χ4v) is 6.11. The Hall–Kier alpha value is -1.22. The van der Waals surface area contributed by atoms with Crippen LogP contribution in [0.4, 0.5) is 0 Å². The van der Waals surface area contributed by atoms with E-state index in [2.05, 4.69) is 10.2 Å². The molecule has 24 heavy (non-hydrogen) atoms. The van der Waals surface area contributed by atoms with Crippen LogP contribution in [-0.4, -0.2) is 48.7 Å². The van der Waals surface area contributed by atoms with Gasteiger partial charge < -0.3 is 4.74 Å². The van der Waals surface area contributed by atoms with Crippen molar-refractivity contribution in [3.05, 3.63) is 22.7 Å². The minimum absolute atomic E-state index is 0.0564. The molecule has 1 atom stereocenters. The van der Waals surface area contributed by atoms with Crippen molar-refractivity contribution in [1.29, 1.82) is 0 Å². The predicted molar refractivity (Wildman–Crippen MR) is 92.6 cm³/mol. The molecule has 1 N–H and O–H groups in total. The van der Waals surface area contributed by atoms with Crippen molar-refractivity contribution in [3.8, 4) is 10.6 Å². The highest BCUT2D eigenvalue weighted by molar-refractivity contribution is 7.89. The third-order valence-electron chi connectivity index (χ3n) is 4.65. The van der Waals surface area contributed by atoms with Crippen molar-refractivity contribution in [3.63, 3.8) is 0 Å². The summed E-state index contributed by atoms with van der Waals surface area (Å²) in [7, 11) is -3.49. The van der Waals surface area contributed by atoms with Gasteiger partial charge in [0.15, 0.2) is 0 Å². The third kappa shape index (κ3) is 2.92. The SMILES string of the molecule is Cc1cc(-c2cc(S(=O)(=O)N3CCOC(C4CC4)C3)c(C)s2)n[nH]1. The van der Waals surface area contributed by atoms with Crippen molar-refractivity contribution in [1.82, 2.24) is 14.5 Å². The maximum atomic E-state index is 13.1. The van der Waals surface area contributed by atoms with Gasteiger partial charge in [0.05, 0.1) is 22.5 Å². The van der Waals surface area contributed by atoms with Gasteiger partial charge in [0.1, 0.15) is 5.69 Å². The van der Waals surface area contributed by atoms with Gasteiger partial charge >= 0.3 is 0 Å². The second-order valence-corrected chi connectivity index (χ2v) is 9.74. The normalized spacial score (nSPS) is 22.8. The molecule has 1 aliphatic heterocycles. The highest BCUT2D eigenvalue weighted by atomic mass is 32.2. The molecule has 3 heterocycles. The van der Waals surface area contributed by atoms with Crippen LogP contribution in [0.25, 0.3) is 10.6 Å². The number of H-pyrrole nitrogens is 1. The fourth-order valence-electron chi connectivity index (χ4n) is 3.15. The minimum atomic E-state index is -3.49. The smallest absolute Gasteiger partial charge is 0.244 e. The standard InChI is InChI=1S/C16H21N3O3S2/c1-10-7-13(18-17-10)15-8-16(11(2)23-15)24(20,21)19-5-6-22-14(9-19)12-3-4-12/h7-8,12,14H,3-6,9H2,1-2H3,(H,17,18). The zero-order valence-electron chi connectivity index (χ0n) is 13.8. The van der Waals surface area contributed by atoms with E-state index in [-0.39, 0.29) is 6.10 Å². The number of sulfonamides is 1. The number of nitrogens with zero attached hydrogens (tertiary/aromatic N) is 2. The summed E-state index contributed by atoms with van der Waals surface area (Å²) in [5, 5.41) is 7.14. The van der Waals surface area contributed by atoms with Crippen LogP contribution in [0.1, 0.15) is 23.4 Å². The van der Waals surface area contributed by atoms with Crippen LogP contribution in [0.2, 0.25) is 0 Å². The highest BCUT2D eigenvalue weighted by Crippen LogP contribution is 2.38. The van der Waals surface area contributed by atoms with Crippen LogP contribution >= 0.6 is 11.3 Å². The number of thiophene rings is 1. The average molecular weight is 367 g/mol. The van der Waals surface area contributed by atoms with E-state index in [0.29, 0.717) is 30.5 Å². The quantitative estimate of drug-likeness (QED) is 0.901. The van der Waals surface area contributed by atoms with Crippen LogP contribution in [0, 0.1) is 19.8 Å². The van der Waals surface area contributed by atoms with Gasteiger partial charge in [-0.25, -0.2) is 8.42 Å². The lowest BCUT2D eigenvalue weighted by atomic mass is 10.2. The lowest BCUT2D eigenvalue weighted by Gasteiger charge is -2.32. The Kier molecular flexibility index (Phi) is 4.03. The Balaban J connectivity index is 1.63. The maximum absolute atomic E-state index is 13.1. The van der Waals surface area contributed by atoms with Gasteiger partial charge in [-0.15, -0.1) is 11.3 Å². The largest absolute Gasteiger partial charge is 0.375 e. The van der Waals surface area contributed by atoms with Crippen LogP contribution in [0.5, 0.6) is 0 Å². The summed E-state index contributed by atoms with van der Waals surface area (Å²) < 4.78 is 33.5. The summed E-state index contributed by atoms with van der Waals surface area (Å²) in [4.78, 5) is 2.09. The molecule has 1 saturated carbocycles. The Morgan fingerprint density at radius 3 is 2.79 bits per heavy atom. The predicted octanol–water partition coefficient (Wildman–Crippen LogP) is 2.55. The van der Waals surface area contributed by atoms with E-state index in [0.717, 1.165) is 34.0 Å². The first-order valence-electron chi connectivity index (χ1n) is 8.20. The van der Waals surface area contributed by atoms with E-state index in [1.807, 2.05) is 19.9 Å². The molecule has 130 valence electrons. The van der Waals surface area contributed by atoms with Gasteiger partial charge in [-0.05, 0) is 44.7 Å². The van der Waals surface area contributed by atoms with E-state index < -0.39 is 10.0 Å². The van der Waals surface area contributed by atoms with Crippen molar-refractivity contribution in [2.45, 2.75) is 37.7 Å². The molecule has 2 fully saturated rings. The molecule has 1 aliphatic carbocycles. The van der Waals surface area contributed by atoms with Crippen LogP contribution < -0.4 is 0 Å². The number of hydrogen-bond acceptors (Lipinski definition) is 5. The number of aryl methyl sites for hydroxylation is 2. The second-order valence-electron chi connectivity index (χ2n) is 6.58. The molecule has 0 spiro atoms. The fraction of sp³-hybridized carbons (Fsp3) is 0.562. The summed E-state index contributed by atoms with van der Waals surface area (Å²) in [6.45, 7) is 5.17. The molecule has 4 rings (SSSR count). The summed E-state index contributed by atoms with van der Waals surface area (Å²) in [6.07, 6.45) is 2.36. The zero-order chi connectivity index (χ0) is 16.9. The van der Waals surface area contributed by atoms with E-state index in [9.17, 15) is 8.42 Å². The van der Waals surface area contributed by atoms with Crippen molar-refractivity contribution >= 4 is 21.4 Å². The Labute approximate surface area is 145 Å². The molecular formula is C16H21N3O3S2. The van der Waals surface area contributed by atoms with Gasteiger partial charge in [0.2, 0.25) is 10.0 Å². The topological polar surface area (TPSA) is 75.3 Å². The van der Waals surface area contributed by atoms with Crippen LogP contribution in [-0.2, 0) is 14.8 Å². The molecule has 6 nitrogen and oxygen atoms in total. The molecule has 2 aromatic heterocycles. The summed E-state index contributed by atoms with van der Waals surface area (Å²) in [5.74, 6) is 0.536. The number of rotatable bonds is 4. The van der Waals surface area contributed by atoms with Gasteiger partial charge in [-0.3, -0.25) is 5.10 Å². The molecule has 0 bridgehead atoms. The monoisotopic (exact) mass is 367 g/mol. The Morgan fingerprint density at radius 1 is 1.33 bits per heavy atom. The first-order valence-corrected chi connectivity index (χ1v) is 10.5. The number of aromatic nitrogens is 2. The Bertz CT molecular complexity index is 852. The van der Waals surface area contributed by atoms with Gasteiger partial charge in [-0.2, -0.15) is 9.40 Å². The summed E-state index contributed by atoms with van der Waals surface area (Å²) in [6, 6.07) is 3.69. The summed E-state index contributed by atoms with van der Waals surface area (Å²) in [5.41, 5.74) is 1.75. The first kappa shape index (κ1) is 16.3.